The van der Waals surface area contributed by atoms with E-state index in [9.17, 15) is 4.39 Å². The average molecular weight is 327 g/mol. The van der Waals surface area contributed by atoms with Crippen LogP contribution in [0.1, 0.15) is 0 Å². The SMILES string of the molecule is Fc1c(Br)ccc(-c2ccccc2)c1-c1ccccc1. The van der Waals surface area contributed by atoms with Gasteiger partial charge in [0.25, 0.3) is 0 Å². The van der Waals surface area contributed by atoms with Crippen LogP contribution in [0.3, 0.4) is 0 Å². The third-order valence-corrected chi connectivity index (χ3v) is 3.85. The Bertz CT molecular complexity index is 721. The number of rotatable bonds is 2. The Morgan fingerprint density at radius 1 is 0.650 bits per heavy atom. The molecule has 3 aromatic rings. The molecule has 0 aliphatic carbocycles. The van der Waals surface area contributed by atoms with Gasteiger partial charge in [0.15, 0.2) is 0 Å². The molecular formula is C18H12BrF. The summed E-state index contributed by atoms with van der Waals surface area (Å²) in [5, 5.41) is 0. The molecule has 2 heteroatoms. The molecule has 0 aliphatic rings. The van der Waals surface area contributed by atoms with Gasteiger partial charge in [0.05, 0.1) is 4.47 Å². The molecule has 98 valence electrons. The molecule has 0 fully saturated rings. The Labute approximate surface area is 126 Å². The van der Waals surface area contributed by atoms with Gasteiger partial charge in [-0.1, -0.05) is 66.7 Å². The van der Waals surface area contributed by atoms with E-state index in [1.54, 1.807) is 6.07 Å². The minimum Gasteiger partial charge on any atom is -0.205 e. The summed E-state index contributed by atoms with van der Waals surface area (Å²) in [6.07, 6.45) is 0. The maximum absolute atomic E-state index is 14.6. The fraction of sp³-hybridized carbons (Fsp3) is 0. The van der Waals surface area contributed by atoms with Gasteiger partial charge in [-0.2, -0.15) is 0 Å². The number of hydrogen-bond acceptors (Lipinski definition) is 0. The summed E-state index contributed by atoms with van der Waals surface area (Å²) >= 11 is 3.28. The standard InChI is InChI=1S/C18H12BrF/c19-16-12-11-15(13-7-3-1-4-8-13)17(18(16)20)14-9-5-2-6-10-14/h1-12H. The minimum absolute atomic E-state index is 0.224. The van der Waals surface area contributed by atoms with Gasteiger partial charge in [0, 0.05) is 5.56 Å². The maximum Gasteiger partial charge on any atom is 0.145 e. The van der Waals surface area contributed by atoms with E-state index >= 15 is 0 Å². The lowest BCUT2D eigenvalue weighted by Crippen LogP contribution is -1.91. The van der Waals surface area contributed by atoms with E-state index in [2.05, 4.69) is 15.9 Å². The first kappa shape index (κ1) is 13.1. The highest BCUT2D eigenvalue weighted by molar-refractivity contribution is 9.10. The summed E-state index contributed by atoms with van der Waals surface area (Å²) in [5.41, 5.74) is 3.42. The molecule has 0 radical (unpaired) electrons. The zero-order valence-electron chi connectivity index (χ0n) is 10.7. The van der Waals surface area contributed by atoms with Crippen molar-refractivity contribution in [2.75, 3.05) is 0 Å². The molecule has 0 N–H and O–H groups in total. The Kier molecular flexibility index (Phi) is 3.66. The van der Waals surface area contributed by atoms with Crippen LogP contribution in [0.4, 0.5) is 4.39 Å². The van der Waals surface area contributed by atoms with Crippen LogP contribution in [0.15, 0.2) is 77.3 Å². The first-order valence-corrected chi connectivity index (χ1v) is 7.15. The first-order chi connectivity index (χ1) is 9.77. The lowest BCUT2D eigenvalue weighted by molar-refractivity contribution is 0.625. The van der Waals surface area contributed by atoms with Gasteiger partial charge in [-0.25, -0.2) is 4.39 Å². The van der Waals surface area contributed by atoms with Crippen molar-refractivity contribution in [1.29, 1.82) is 0 Å². The highest BCUT2D eigenvalue weighted by Gasteiger charge is 2.14. The van der Waals surface area contributed by atoms with Gasteiger partial charge in [0.1, 0.15) is 5.82 Å². The quantitative estimate of drug-likeness (QED) is 0.548. The summed E-state index contributed by atoms with van der Waals surface area (Å²) in [6, 6.07) is 23.2. The van der Waals surface area contributed by atoms with Crippen molar-refractivity contribution in [3.8, 4) is 22.3 Å². The molecule has 0 aliphatic heterocycles. The summed E-state index contributed by atoms with van der Waals surface area (Å²) in [6.45, 7) is 0. The van der Waals surface area contributed by atoms with Crippen LogP contribution in [0.5, 0.6) is 0 Å². The van der Waals surface area contributed by atoms with Crippen molar-refractivity contribution < 1.29 is 4.39 Å². The molecule has 0 saturated heterocycles. The zero-order chi connectivity index (χ0) is 13.9. The van der Waals surface area contributed by atoms with Gasteiger partial charge in [-0.15, -0.1) is 0 Å². The van der Waals surface area contributed by atoms with E-state index in [0.29, 0.717) is 10.0 Å². The average Bonchev–Trinajstić information content (AvgIpc) is 2.51. The largest absolute Gasteiger partial charge is 0.205 e. The maximum atomic E-state index is 14.6. The second kappa shape index (κ2) is 5.59. The van der Waals surface area contributed by atoms with E-state index in [1.807, 2.05) is 66.7 Å². The molecule has 0 atom stereocenters. The smallest absolute Gasteiger partial charge is 0.145 e. The van der Waals surface area contributed by atoms with Crippen molar-refractivity contribution in [1.82, 2.24) is 0 Å². The van der Waals surface area contributed by atoms with E-state index < -0.39 is 0 Å². The van der Waals surface area contributed by atoms with Crippen LogP contribution in [0.2, 0.25) is 0 Å². The molecule has 20 heavy (non-hydrogen) atoms. The predicted octanol–water partition coefficient (Wildman–Crippen LogP) is 5.92. The molecule has 0 aromatic heterocycles. The fourth-order valence-corrected chi connectivity index (χ4v) is 2.63. The fourth-order valence-electron chi connectivity index (χ4n) is 2.30. The lowest BCUT2D eigenvalue weighted by Gasteiger charge is -2.12. The van der Waals surface area contributed by atoms with Crippen LogP contribution in [-0.4, -0.2) is 0 Å². The highest BCUT2D eigenvalue weighted by atomic mass is 79.9. The van der Waals surface area contributed by atoms with Gasteiger partial charge in [-0.3, -0.25) is 0 Å². The van der Waals surface area contributed by atoms with Gasteiger partial charge >= 0.3 is 0 Å². The van der Waals surface area contributed by atoms with Crippen molar-refractivity contribution in [2.24, 2.45) is 0 Å². The molecule has 0 saturated carbocycles. The second-order valence-electron chi connectivity index (χ2n) is 4.52. The molecule has 0 spiro atoms. The number of hydrogen-bond donors (Lipinski definition) is 0. The van der Waals surface area contributed by atoms with Crippen molar-refractivity contribution in [3.05, 3.63) is 83.1 Å². The summed E-state index contributed by atoms with van der Waals surface area (Å²) < 4.78 is 15.1. The van der Waals surface area contributed by atoms with Crippen molar-refractivity contribution >= 4 is 15.9 Å². The van der Waals surface area contributed by atoms with Gasteiger partial charge in [0.2, 0.25) is 0 Å². The topological polar surface area (TPSA) is 0 Å². The van der Waals surface area contributed by atoms with E-state index in [-0.39, 0.29) is 5.82 Å². The molecule has 0 bridgehead atoms. The van der Waals surface area contributed by atoms with Gasteiger partial charge < -0.3 is 0 Å². The summed E-state index contributed by atoms with van der Waals surface area (Å²) in [5.74, 6) is -0.224. The highest BCUT2D eigenvalue weighted by Crippen LogP contribution is 2.37. The molecule has 0 heterocycles. The van der Waals surface area contributed by atoms with E-state index in [4.69, 9.17) is 0 Å². The Hall–Kier alpha value is -1.93. The summed E-state index contributed by atoms with van der Waals surface area (Å²) in [4.78, 5) is 0. The molecule has 3 aromatic carbocycles. The Balaban J connectivity index is 2.29. The molecular weight excluding hydrogens is 315 g/mol. The molecule has 0 amide bonds. The van der Waals surface area contributed by atoms with Crippen LogP contribution >= 0.6 is 15.9 Å². The molecule has 0 nitrogen and oxygen atoms in total. The van der Waals surface area contributed by atoms with Crippen molar-refractivity contribution in [3.63, 3.8) is 0 Å². The molecule has 3 rings (SSSR count). The Morgan fingerprint density at radius 2 is 1.20 bits per heavy atom. The molecule has 0 unspecified atom stereocenters. The van der Waals surface area contributed by atoms with Crippen molar-refractivity contribution in [2.45, 2.75) is 0 Å². The normalized spacial score (nSPS) is 10.5. The van der Waals surface area contributed by atoms with Crippen LogP contribution in [-0.2, 0) is 0 Å². The monoisotopic (exact) mass is 326 g/mol. The number of benzene rings is 3. The third-order valence-electron chi connectivity index (χ3n) is 3.24. The third kappa shape index (κ3) is 2.39. The van der Waals surface area contributed by atoms with E-state index in [0.717, 1.165) is 16.7 Å². The number of halogens is 2. The van der Waals surface area contributed by atoms with Crippen LogP contribution in [0.25, 0.3) is 22.3 Å². The van der Waals surface area contributed by atoms with Gasteiger partial charge in [-0.05, 0) is 38.7 Å². The second-order valence-corrected chi connectivity index (χ2v) is 5.37. The predicted molar refractivity (Wildman–Crippen MR) is 85.0 cm³/mol. The summed E-state index contributed by atoms with van der Waals surface area (Å²) in [7, 11) is 0. The van der Waals surface area contributed by atoms with Crippen LogP contribution < -0.4 is 0 Å². The zero-order valence-corrected chi connectivity index (χ0v) is 12.3. The minimum atomic E-state index is -0.224. The Morgan fingerprint density at radius 3 is 1.80 bits per heavy atom. The first-order valence-electron chi connectivity index (χ1n) is 6.36. The van der Waals surface area contributed by atoms with Crippen LogP contribution in [0, 0.1) is 5.82 Å². The lowest BCUT2D eigenvalue weighted by atomic mass is 9.94. The van der Waals surface area contributed by atoms with E-state index in [1.165, 1.54) is 0 Å².